The third-order valence-electron chi connectivity index (χ3n) is 12.6. The van der Waals surface area contributed by atoms with Crippen LogP contribution in [-0.2, 0) is 43.3 Å². The molecule has 7 aliphatic rings. The van der Waals surface area contributed by atoms with Crippen LogP contribution < -0.4 is 15.4 Å². The summed E-state index contributed by atoms with van der Waals surface area (Å²) in [6.45, 7) is 1.49. The van der Waals surface area contributed by atoms with E-state index in [1.165, 1.54) is 11.1 Å². The van der Waals surface area contributed by atoms with Crippen molar-refractivity contribution in [2.45, 2.75) is 94.2 Å². The lowest BCUT2D eigenvalue weighted by molar-refractivity contribution is 0.0237. The van der Waals surface area contributed by atoms with E-state index in [1.54, 1.807) is 0 Å². The first-order chi connectivity index (χ1) is 26.3. The summed E-state index contributed by atoms with van der Waals surface area (Å²) in [6.07, 6.45) is 17.4. The van der Waals surface area contributed by atoms with Gasteiger partial charge >= 0.3 is 0 Å². The fourth-order valence-electron chi connectivity index (χ4n) is 9.29. The van der Waals surface area contributed by atoms with Crippen molar-refractivity contribution in [3.63, 3.8) is 0 Å². The van der Waals surface area contributed by atoms with Crippen molar-refractivity contribution in [1.82, 2.24) is 35.6 Å². The number of ether oxygens (including phenoxy) is 2. The molecule has 4 aliphatic carbocycles. The van der Waals surface area contributed by atoms with Crippen molar-refractivity contribution < 1.29 is 19.1 Å². The van der Waals surface area contributed by atoms with Crippen molar-refractivity contribution in [2.24, 2.45) is 0 Å². The van der Waals surface area contributed by atoms with Crippen LogP contribution >= 0.6 is 11.6 Å². The van der Waals surface area contributed by atoms with Gasteiger partial charge in [-0.3, -0.25) is 14.6 Å². The summed E-state index contributed by atoms with van der Waals surface area (Å²) in [5.41, 5.74) is 15.0. The average molecular weight is 742 g/mol. The van der Waals surface area contributed by atoms with Crippen molar-refractivity contribution >= 4 is 23.4 Å². The molecule has 8 heterocycles. The average Bonchev–Trinajstić information content (AvgIpc) is 4.02. The van der Waals surface area contributed by atoms with E-state index >= 15 is 0 Å². The first kappa shape index (κ1) is 32.4. The van der Waals surface area contributed by atoms with Gasteiger partial charge in [0.1, 0.15) is 11.3 Å². The van der Waals surface area contributed by atoms with E-state index in [0.29, 0.717) is 11.0 Å². The van der Waals surface area contributed by atoms with Crippen molar-refractivity contribution in [1.29, 1.82) is 0 Å². The number of rotatable bonds is 3. The molecule has 3 aliphatic heterocycles. The topological polar surface area (TPSA) is 147 Å². The largest absolute Gasteiger partial charge is 0.474 e. The van der Waals surface area contributed by atoms with Crippen LogP contribution in [0.4, 0.5) is 0 Å². The zero-order chi connectivity index (χ0) is 36.2. The van der Waals surface area contributed by atoms with Gasteiger partial charge < -0.3 is 30.1 Å². The van der Waals surface area contributed by atoms with Crippen LogP contribution in [0.5, 0.6) is 5.88 Å². The number of hydrogen-bond donors (Lipinski definition) is 4. The number of nitrogens with zero attached hydrogens (tertiary/aromatic N) is 3. The molecule has 4 N–H and O–H groups in total. The van der Waals surface area contributed by atoms with Gasteiger partial charge in [0.15, 0.2) is 0 Å². The Labute approximate surface area is 317 Å². The van der Waals surface area contributed by atoms with E-state index in [9.17, 15) is 9.59 Å². The fourth-order valence-corrected chi connectivity index (χ4v) is 9.45. The first-order valence-electron chi connectivity index (χ1n) is 19.3. The van der Waals surface area contributed by atoms with Crippen LogP contribution in [0.3, 0.4) is 0 Å². The monoisotopic (exact) mass is 741 g/mol. The molecule has 2 amide bonds. The van der Waals surface area contributed by atoms with Crippen molar-refractivity contribution in [3.8, 4) is 39.7 Å². The maximum Gasteiger partial charge on any atom is 0.253 e. The van der Waals surface area contributed by atoms with E-state index in [-0.39, 0.29) is 29.0 Å². The Morgan fingerprint density at radius 3 is 1.89 bits per heavy atom. The van der Waals surface area contributed by atoms with Crippen molar-refractivity contribution in [3.05, 3.63) is 92.8 Å². The molecule has 274 valence electrons. The Kier molecular flexibility index (Phi) is 7.21. The second kappa shape index (κ2) is 12.0. The van der Waals surface area contributed by atoms with E-state index in [4.69, 9.17) is 26.1 Å². The highest BCUT2D eigenvalue weighted by molar-refractivity contribution is 6.29. The van der Waals surface area contributed by atoms with Crippen LogP contribution in [0.15, 0.2) is 42.9 Å². The molecule has 0 atom stereocenters. The van der Waals surface area contributed by atoms with E-state index in [2.05, 4.69) is 36.6 Å². The van der Waals surface area contributed by atoms with Crippen molar-refractivity contribution in [2.75, 3.05) is 13.2 Å². The smallest absolute Gasteiger partial charge is 0.253 e. The molecular formula is C42H40ClN7O4. The summed E-state index contributed by atoms with van der Waals surface area (Å²) in [6, 6.07) is 7.98. The van der Waals surface area contributed by atoms with Gasteiger partial charge in [-0.15, -0.1) is 0 Å². The van der Waals surface area contributed by atoms with Gasteiger partial charge in [-0.1, -0.05) is 11.6 Å². The Hall–Kier alpha value is -5.00. The highest BCUT2D eigenvalue weighted by Crippen LogP contribution is 2.47. The first-order valence-corrected chi connectivity index (χ1v) is 19.7. The highest BCUT2D eigenvalue weighted by Gasteiger charge is 2.50. The Morgan fingerprint density at radius 1 is 0.722 bits per heavy atom. The SMILES string of the molecule is O=C1NC2(CC2)Cc2[nH]c3c(c21)CCc1cnc(-c2ccc(OC4CCOCC4)nc2)cc1-3.O=C1NC2(CC2)Cc2[nH]c3c(c21)CCc1cnc(Cl)cc1-3. The predicted molar refractivity (Wildman–Crippen MR) is 202 cm³/mol. The van der Waals surface area contributed by atoms with Crippen LogP contribution in [-0.4, -0.2) is 67.1 Å². The van der Waals surface area contributed by atoms with Gasteiger partial charge in [-0.2, -0.15) is 0 Å². The van der Waals surface area contributed by atoms with Crippen LogP contribution in [0.1, 0.15) is 92.9 Å². The summed E-state index contributed by atoms with van der Waals surface area (Å²) < 4.78 is 11.4. The van der Waals surface area contributed by atoms with Crippen LogP contribution in [0, 0.1) is 0 Å². The minimum absolute atomic E-state index is 0.00387. The normalized spacial score (nSPS) is 20.5. The Balaban J connectivity index is 0.000000139. The van der Waals surface area contributed by atoms with Gasteiger partial charge in [-0.05, 0) is 91.8 Å². The minimum Gasteiger partial charge on any atom is -0.474 e. The van der Waals surface area contributed by atoms with Crippen LogP contribution in [0.25, 0.3) is 33.8 Å². The minimum atomic E-state index is 0.00387. The molecule has 12 rings (SSSR count). The van der Waals surface area contributed by atoms with Gasteiger partial charge in [-0.25, -0.2) is 9.97 Å². The van der Waals surface area contributed by atoms with Gasteiger partial charge in [0.25, 0.3) is 11.8 Å². The molecule has 1 saturated heterocycles. The van der Waals surface area contributed by atoms with Crippen LogP contribution in [0.2, 0.25) is 5.15 Å². The quantitative estimate of drug-likeness (QED) is 0.160. The summed E-state index contributed by atoms with van der Waals surface area (Å²) in [5, 5.41) is 6.95. The number of carbonyl (C=O) groups is 2. The van der Waals surface area contributed by atoms with E-state index in [1.807, 2.05) is 36.8 Å². The summed E-state index contributed by atoms with van der Waals surface area (Å²) in [7, 11) is 0. The molecule has 0 aromatic carbocycles. The predicted octanol–water partition coefficient (Wildman–Crippen LogP) is 6.26. The molecule has 54 heavy (non-hydrogen) atoms. The Bertz CT molecular complexity index is 2380. The summed E-state index contributed by atoms with van der Waals surface area (Å²) >= 11 is 6.05. The van der Waals surface area contributed by atoms with E-state index < -0.39 is 0 Å². The molecule has 3 fully saturated rings. The molecule has 11 nitrogen and oxygen atoms in total. The molecule has 2 spiro atoms. The summed E-state index contributed by atoms with van der Waals surface area (Å²) in [5.74, 6) is 0.825. The number of aryl methyl sites for hydroxylation is 2. The number of fused-ring (bicyclic) bond motifs is 10. The van der Waals surface area contributed by atoms with Gasteiger partial charge in [0.2, 0.25) is 5.88 Å². The molecule has 0 bridgehead atoms. The lowest BCUT2D eigenvalue weighted by Gasteiger charge is -2.24. The third kappa shape index (κ3) is 5.46. The molecule has 0 unspecified atom stereocenters. The number of hydrogen-bond acceptors (Lipinski definition) is 7. The lowest BCUT2D eigenvalue weighted by Crippen LogP contribution is -2.43. The fraction of sp³-hybridized carbons (Fsp3) is 0.405. The zero-order valence-electron chi connectivity index (χ0n) is 29.9. The number of amides is 2. The van der Waals surface area contributed by atoms with Gasteiger partial charge in [0.05, 0.1) is 41.4 Å². The van der Waals surface area contributed by atoms with Gasteiger partial charge in [0, 0.05) is 89.5 Å². The summed E-state index contributed by atoms with van der Waals surface area (Å²) in [4.78, 5) is 45.9. The highest BCUT2D eigenvalue weighted by atomic mass is 35.5. The number of aromatic nitrogens is 5. The maximum absolute atomic E-state index is 12.9. The lowest BCUT2D eigenvalue weighted by atomic mass is 9.87. The van der Waals surface area contributed by atoms with E-state index in [0.717, 1.165) is 158 Å². The molecule has 2 saturated carbocycles. The molecule has 12 heteroatoms. The Morgan fingerprint density at radius 2 is 1.31 bits per heavy atom. The number of halogens is 1. The number of carbonyl (C=O) groups excluding carboxylic acids is 2. The zero-order valence-corrected chi connectivity index (χ0v) is 30.6. The number of pyridine rings is 3. The molecular weight excluding hydrogens is 702 g/mol. The molecule has 5 aromatic rings. The number of aromatic amines is 2. The maximum atomic E-state index is 12.9. The molecule has 0 radical (unpaired) electrons. The second-order valence-electron chi connectivity index (χ2n) is 16.2. The number of nitrogens with one attached hydrogen (secondary N) is 4. The second-order valence-corrected chi connectivity index (χ2v) is 16.6. The standard InChI is InChI=1S/C26H26N4O3.C16H14ClN3O/c31-25-23-18-3-1-15-13-27-20(11-19(15)24(18)29-21(23)12-26(30-25)7-8-26)16-2-4-22(28-14-16)33-17-5-9-32-10-6-17;17-12-5-10-8(7-18-12)1-2-9-13-11(19-14(9)10)6-16(3-4-16)20-15(13)21/h2,4,11,13-14,17,29H,1,3,5-10,12H2,(H,30,31);5,7,19H,1-4,6H2,(H,20,21). The third-order valence-corrected chi connectivity index (χ3v) is 12.8. The number of H-pyrrole nitrogens is 2. The molecule has 5 aromatic heterocycles.